The van der Waals surface area contributed by atoms with Crippen LogP contribution in [0.25, 0.3) is 141 Å². The first-order chi connectivity index (χ1) is 34.7. The second-order valence-corrected chi connectivity index (χ2v) is 20.1. The summed E-state index contributed by atoms with van der Waals surface area (Å²) in [6, 6.07) is 80.9. The minimum absolute atomic E-state index is 0.634. The van der Waals surface area contributed by atoms with Crippen LogP contribution in [0.1, 0.15) is 0 Å². The third kappa shape index (κ3) is 5.99. The van der Waals surface area contributed by atoms with Crippen LogP contribution in [0.15, 0.2) is 224 Å². The summed E-state index contributed by atoms with van der Waals surface area (Å²) < 4.78 is 9.67. The van der Waals surface area contributed by atoms with E-state index < -0.39 is 0 Å². The van der Waals surface area contributed by atoms with Crippen molar-refractivity contribution in [2.45, 2.75) is 0 Å². The van der Waals surface area contributed by atoms with Gasteiger partial charge in [0.05, 0.1) is 27.8 Å². The predicted molar refractivity (Wildman–Crippen MR) is 296 cm³/mol. The molecule has 5 nitrogen and oxygen atoms in total. The summed E-state index contributed by atoms with van der Waals surface area (Å²) in [4.78, 5) is 16.0. The van der Waals surface area contributed by atoms with Crippen molar-refractivity contribution in [3.63, 3.8) is 0 Å². The fourth-order valence-corrected chi connectivity index (χ4v) is 13.2. The average molecular weight is 928 g/mol. The van der Waals surface area contributed by atoms with Crippen molar-refractivity contribution in [3.05, 3.63) is 224 Å². The SMILES string of the molecule is c1ccc(-c2nc(-c3cc(-n4c5ccccc5c5cc(-c6ccc7c(c6)c6ccccc6n7-c6ccccc6)ccc54)c4c(c3)sc3ccccc34)nc(-c3cccc4c3sc3ccccc34)n2)cc1. The quantitative estimate of drug-likeness (QED) is 0.167. The predicted octanol–water partition coefficient (Wildman–Crippen LogP) is 17.5. The molecule has 15 aromatic rings. The van der Waals surface area contributed by atoms with Gasteiger partial charge in [-0.2, -0.15) is 0 Å². The van der Waals surface area contributed by atoms with Crippen LogP contribution in [-0.4, -0.2) is 24.1 Å². The van der Waals surface area contributed by atoms with E-state index in [9.17, 15) is 0 Å². The van der Waals surface area contributed by atoms with E-state index >= 15 is 0 Å². The highest BCUT2D eigenvalue weighted by molar-refractivity contribution is 7.26. The van der Waals surface area contributed by atoms with Gasteiger partial charge in [0.2, 0.25) is 0 Å². The third-order valence-electron chi connectivity index (χ3n) is 14.0. The fourth-order valence-electron chi connectivity index (χ4n) is 10.8. The van der Waals surface area contributed by atoms with Gasteiger partial charge in [-0.1, -0.05) is 146 Å². The number of fused-ring (bicyclic) bond motifs is 12. The van der Waals surface area contributed by atoms with Crippen molar-refractivity contribution in [3.8, 4) is 56.7 Å². The summed E-state index contributed by atoms with van der Waals surface area (Å²) in [6.07, 6.45) is 0. The zero-order valence-corrected chi connectivity index (χ0v) is 39.0. The maximum Gasteiger partial charge on any atom is 0.165 e. The van der Waals surface area contributed by atoms with Crippen LogP contribution in [0.4, 0.5) is 0 Å². The fraction of sp³-hybridized carbons (Fsp3) is 0. The number of benzene rings is 10. The molecule has 5 aromatic heterocycles. The Morgan fingerprint density at radius 3 is 1.54 bits per heavy atom. The first-order valence-electron chi connectivity index (χ1n) is 23.5. The largest absolute Gasteiger partial charge is 0.309 e. The molecule has 0 saturated heterocycles. The van der Waals surface area contributed by atoms with Crippen LogP contribution in [0.3, 0.4) is 0 Å². The summed E-state index contributed by atoms with van der Waals surface area (Å²) in [6.45, 7) is 0. The maximum atomic E-state index is 5.41. The number of nitrogens with zero attached hydrogens (tertiary/aromatic N) is 5. The molecule has 15 rings (SSSR count). The summed E-state index contributed by atoms with van der Waals surface area (Å²) in [5.41, 5.74) is 12.2. The van der Waals surface area contributed by atoms with Crippen LogP contribution in [0, 0.1) is 0 Å². The van der Waals surface area contributed by atoms with E-state index in [2.05, 4.69) is 215 Å². The number of aromatic nitrogens is 5. The summed E-state index contributed by atoms with van der Waals surface area (Å²) >= 11 is 3.61. The van der Waals surface area contributed by atoms with Crippen LogP contribution < -0.4 is 0 Å². The van der Waals surface area contributed by atoms with Gasteiger partial charge in [-0.3, -0.25) is 0 Å². The van der Waals surface area contributed by atoms with E-state index in [1.807, 2.05) is 29.5 Å². The lowest BCUT2D eigenvalue weighted by atomic mass is 10.0. The third-order valence-corrected chi connectivity index (χ3v) is 16.3. The Morgan fingerprint density at radius 2 is 0.829 bits per heavy atom. The van der Waals surface area contributed by atoms with Gasteiger partial charge in [0.15, 0.2) is 17.5 Å². The van der Waals surface area contributed by atoms with Crippen molar-refractivity contribution in [1.82, 2.24) is 24.1 Å². The van der Waals surface area contributed by atoms with Crippen LogP contribution >= 0.6 is 22.7 Å². The highest BCUT2D eigenvalue weighted by atomic mass is 32.1. The Bertz CT molecular complexity index is 4600. The molecule has 0 atom stereocenters. The Balaban J connectivity index is 0.952. The minimum Gasteiger partial charge on any atom is -0.309 e. The number of thiophene rings is 2. The number of rotatable bonds is 6. The Hall–Kier alpha value is -8.75. The van der Waals surface area contributed by atoms with E-state index in [0.717, 1.165) is 39.1 Å². The molecule has 0 amide bonds. The molecule has 5 heterocycles. The van der Waals surface area contributed by atoms with E-state index in [1.165, 1.54) is 84.0 Å². The zero-order valence-electron chi connectivity index (χ0n) is 37.4. The molecule has 0 bridgehead atoms. The van der Waals surface area contributed by atoms with E-state index in [1.54, 1.807) is 11.3 Å². The standard InChI is InChI=1S/C63H37N5S2/c1-3-16-38(17-4-1)61-64-62(66-63(65-61)48-25-15-24-46-45-22-9-13-28-56(45)70-60(46)48)41-36-55(59-47-23-10-14-29-57(47)69-58(59)37-41)68-52-27-12-8-21-44(52)50-35-40(31-33-54(50)68)39-30-32-53-49(34-39)43-20-7-11-26-51(43)67(53)42-18-5-2-6-19-42/h1-37H. The molecule has 10 aromatic carbocycles. The summed E-state index contributed by atoms with van der Waals surface area (Å²) in [5, 5.41) is 9.77. The molecule has 0 saturated carbocycles. The van der Waals surface area contributed by atoms with E-state index in [-0.39, 0.29) is 0 Å². The zero-order chi connectivity index (χ0) is 45.9. The van der Waals surface area contributed by atoms with Gasteiger partial charge in [-0.15, -0.1) is 22.7 Å². The van der Waals surface area contributed by atoms with Crippen LogP contribution in [0.5, 0.6) is 0 Å². The first-order valence-corrected chi connectivity index (χ1v) is 25.1. The topological polar surface area (TPSA) is 48.5 Å². The molecule has 0 radical (unpaired) electrons. The van der Waals surface area contributed by atoms with E-state index in [4.69, 9.17) is 15.0 Å². The molecule has 326 valence electrons. The van der Waals surface area contributed by atoms with Crippen LogP contribution in [0.2, 0.25) is 0 Å². The summed E-state index contributed by atoms with van der Waals surface area (Å²) in [5.74, 6) is 1.93. The van der Waals surface area contributed by atoms with Crippen LogP contribution in [-0.2, 0) is 0 Å². The maximum absolute atomic E-state index is 5.41. The van der Waals surface area contributed by atoms with Crippen molar-refractivity contribution >= 4 is 107 Å². The second-order valence-electron chi connectivity index (χ2n) is 17.9. The number of para-hydroxylation sites is 3. The Morgan fingerprint density at radius 1 is 0.300 bits per heavy atom. The molecule has 0 unspecified atom stereocenters. The van der Waals surface area contributed by atoms with Crippen molar-refractivity contribution in [2.24, 2.45) is 0 Å². The molecule has 0 aliphatic heterocycles. The highest BCUT2D eigenvalue weighted by Gasteiger charge is 2.23. The molecule has 0 fully saturated rings. The normalized spacial score (nSPS) is 12.0. The minimum atomic E-state index is 0.634. The summed E-state index contributed by atoms with van der Waals surface area (Å²) in [7, 11) is 0. The van der Waals surface area contributed by atoms with Gasteiger partial charge in [0.25, 0.3) is 0 Å². The first kappa shape index (κ1) is 39.3. The lowest BCUT2D eigenvalue weighted by Crippen LogP contribution is -2.01. The van der Waals surface area contributed by atoms with Gasteiger partial charge < -0.3 is 9.13 Å². The lowest BCUT2D eigenvalue weighted by molar-refractivity contribution is 1.08. The molecule has 0 spiro atoms. The highest BCUT2D eigenvalue weighted by Crippen LogP contribution is 2.45. The Labute approximate surface area is 409 Å². The number of hydrogen-bond acceptors (Lipinski definition) is 5. The van der Waals surface area contributed by atoms with Gasteiger partial charge in [-0.25, -0.2) is 15.0 Å². The molecular weight excluding hydrogens is 891 g/mol. The molecule has 7 heteroatoms. The van der Waals surface area contributed by atoms with Gasteiger partial charge in [-0.05, 0) is 90.0 Å². The average Bonchev–Trinajstić information content (AvgIpc) is 4.18. The van der Waals surface area contributed by atoms with Gasteiger partial charge in [0.1, 0.15) is 0 Å². The van der Waals surface area contributed by atoms with Gasteiger partial charge in [0, 0.05) is 84.3 Å². The van der Waals surface area contributed by atoms with E-state index in [0.29, 0.717) is 17.5 Å². The molecule has 0 N–H and O–H groups in total. The monoisotopic (exact) mass is 927 g/mol. The molecule has 0 aliphatic rings. The van der Waals surface area contributed by atoms with Crippen molar-refractivity contribution in [2.75, 3.05) is 0 Å². The lowest BCUT2D eigenvalue weighted by Gasteiger charge is -2.14. The number of hydrogen-bond donors (Lipinski definition) is 0. The smallest absolute Gasteiger partial charge is 0.165 e. The molecule has 70 heavy (non-hydrogen) atoms. The molecular formula is C63H37N5S2. The van der Waals surface area contributed by atoms with Gasteiger partial charge >= 0.3 is 0 Å². The van der Waals surface area contributed by atoms with Crippen molar-refractivity contribution < 1.29 is 0 Å². The second kappa shape index (κ2) is 15.4. The Kier molecular flexibility index (Phi) is 8.63. The molecule has 0 aliphatic carbocycles. The van der Waals surface area contributed by atoms with Crippen molar-refractivity contribution in [1.29, 1.82) is 0 Å².